The van der Waals surface area contributed by atoms with E-state index in [-0.39, 0.29) is 11.8 Å². The minimum atomic E-state index is -0.515. The third kappa shape index (κ3) is 3.32. The smallest absolute Gasteiger partial charge is 0.223 e. The quantitative estimate of drug-likeness (QED) is 0.646. The molecule has 76 valence electrons. The highest BCUT2D eigenvalue weighted by Gasteiger charge is 2.24. The number of aliphatic hydroxyl groups excluding tert-OH is 1. The highest BCUT2D eigenvalue weighted by Crippen LogP contribution is 2.17. The van der Waals surface area contributed by atoms with Crippen LogP contribution in [0.15, 0.2) is 0 Å². The number of hydrogen-bond acceptors (Lipinski definition) is 3. The van der Waals surface area contributed by atoms with Crippen LogP contribution in [0.4, 0.5) is 0 Å². The number of piperidine rings is 1. The molecular formula is C9H17NO3. The standard InChI is InChI=1S/C9H17NO3/c1-13-6-8(11)5-7-3-2-4-10-9(7)12/h7-8,11H,2-6H2,1H3,(H,10,12). The van der Waals surface area contributed by atoms with Gasteiger partial charge in [-0.25, -0.2) is 0 Å². The molecule has 4 heteroatoms. The first-order chi connectivity index (χ1) is 6.24. The van der Waals surface area contributed by atoms with Crippen LogP contribution in [0.25, 0.3) is 0 Å². The highest BCUT2D eigenvalue weighted by molar-refractivity contribution is 5.79. The van der Waals surface area contributed by atoms with Crippen LogP contribution in [0.1, 0.15) is 19.3 Å². The molecule has 1 saturated heterocycles. The molecule has 2 N–H and O–H groups in total. The number of amides is 1. The van der Waals surface area contributed by atoms with E-state index in [1.165, 1.54) is 0 Å². The molecule has 1 amide bonds. The van der Waals surface area contributed by atoms with Gasteiger partial charge in [-0.1, -0.05) is 0 Å². The van der Waals surface area contributed by atoms with E-state index in [9.17, 15) is 9.90 Å². The fourth-order valence-electron chi connectivity index (χ4n) is 1.65. The first kappa shape index (κ1) is 10.5. The summed E-state index contributed by atoms with van der Waals surface area (Å²) in [5.41, 5.74) is 0. The first-order valence-corrected chi connectivity index (χ1v) is 4.68. The highest BCUT2D eigenvalue weighted by atomic mass is 16.5. The zero-order chi connectivity index (χ0) is 9.68. The molecular weight excluding hydrogens is 170 g/mol. The largest absolute Gasteiger partial charge is 0.391 e. The van der Waals surface area contributed by atoms with E-state index in [1.807, 2.05) is 0 Å². The van der Waals surface area contributed by atoms with Gasteiger partial charge in [-0.15, -0.1) is 0 Å². The van der Waals surface area contributed by atoms with Crippen molar-refractivity contribution in [2.45, 2.75) is 25.4 Å². The Hall–Kier alpha value is -0.610. The summed E-state index contributed by atoms with van der Waals surface area (Å²) in [6.07, 6.45) is 1.89. The summed E-state index contributed by atoms with van der Waals surface area (Å²) in [5.74, 6) is 0.0419. The van der Waals surface area contributed by atoms with Gasteiger partial charge in [0.25, 0.3) is 0 Å². The molecule has 0 saturated carbocycles. The molecule has 1 heterocycles. The molecule has 0 aromatic heterocycles. The molecule has 13 heavy (non-hydrogen) atoms. The molecule has 0 aliphatic carbocycles. The zero-order valence-electron chi connectivity index (χ0n) is 7.95. The van der Waals surface area contributed by atoms with E-state index >= 15 is 0 Å². The van der Waals surface area contributed by atoms with E-state index in [0.29, 0.717) is 13.0 Å². The average Bonchev–Trinajstić information content (AvgIpc) is 2.09. The zero-order valence-corrected chi connectivity index (χ0v) is 7.95. The average molecular weight is 187 g/mol. The van der Waals surface area contributed by atoms with Gasteiger partial charge in [0.1, 0.15) is 0 Å². The van der Waals surface area contributed by atoms with E-state index in [0.717, 1.165) is 19.4 Å². The predicted molar refractivity (Wildman–Crippen MR) is 48.2 cm³/mol. The van der Waals surface area contributed by atoms with E-state index in [2.05, 4.69) is 5.32 Å². The molecule has 0 aromatic carbocycles. The van der Waals surface area contributed by atoms with Crippen LogP contribution < -0.4 is 5.32 Å². The lowest BCUT2D eigenvalue weighted by molar-refractivity contribution is -0.128. The second-order valence-electron chi connectivity index (χ2n) is 3.48. The van der Waals surface area contributed by atoms with Crippen LogP contribution in [0, 0.1) is 5.92 Å². The third-order valence-corrected chi connectivity index (χ3v) is 2.32. The van der Waals surface area contributed by atoms with Crippen LogP contribution in [-0.4, -0.2) is 37.4 Å². The van der Waals surface area contributed by atoms with Gasteiger partial charge in [-0.2, -0.15) is 0 Å². The Morgan fingerprint density at radius 2 is 2.54 bits per heavy atom. The fourth-order valence-corrected chi connectivity index (χ4v) is 1.65. The Labute approximate surface area is 78.3 Å². The van der Waals surface area contributed by atoms with Gasteiger partial charge in [0.05, 0.1) is 12.7 Å². The summed E-state index contributed by atoms with van der Waals surface area (Å²) >= 11 is 0. The maximum atomic E-state index is 11.3. The lowest BCUT2D eigenvalue weighted by Crippen LogP contribution is -2.38. The molecule has 2 atom stereocenters. The van der Waals surface area contributed by atoms with Crippen molar-refractivity contribution in [2.75, 3.05) is 20.3 Å². The van der Waals surface area contributed by atoms with Gasteiger partial charge in [0.2, 0.25) is 5.91 Å². The molecule has 0 spiro atoms. The first-order valence-electron chi connectivity index (χ1n) is 4.68. The van der Waals surface area contributed by atoms with Gasteiger partial charge >= 0.3 is 0 Å². The van der Waals surface area contributed by atoms with Crippen molar-refractivity contribution in [3.63, 3.8) is 0 Å². The Morgan fingerprint density at radius 3 is 3.15 bits per heavy atom. The van der Waals surface area contributed by atoms with E-state index < -0.39 is 6.10 Å². The monoisotopic (exact) mass is 187 g/mol. The van der Waals surface area contributed by atoms with Crippen LogP contribution in [0.3, 0.4) is 0 Å². The molecule has 0 bridgehead atoms. The van der Waals surface area contributed by atoms with Gasteiger partial charge in [0.15, 0.2) is 0 Å². The summed E-state index contributed by atoms with van der Waals surface area (Å²) in [5, 5.41) is 12.2. The summed E-state index contributed by atoms with van der Waals surface area (Å²) < 4.78 is 4.80. The van der Waals surface area contributed by atoms with Gasteiger partial charge < -0.3 is 15.2 Å². The van der Waals surface area contributed by atoms with Crippen molar-refractivity contribution >= 4 is 5.91 Å². The normalized spacial score (nSPS) is 25.4. The van der Waals surface area contributed by atoms with Crippen molar-refractivity contribution < 1.29 is 14.6 Å². The SMILES string of the molecule is COCC(O)CC1CCCNC1=O. The third-order valence-electron chi connectivity index (χ3n) is 2.32. The molecule has 4 nitrogen and oxygen atoms in total. The molecule has 0 radical (unpaired) electrons. The number of carbonyl (C=O) groups excluding carboxylic acids is 1. The van der Waals surface area contributed by atoms with Crippen molar-refractivity contribution in [3.05, 3.63) is 0 Å². The van der Waals surface area contributed by atoms with Gasteiger partial charge in [-0.3, -0.25) is 4.79 Å². The summed E-state index contributed by atoms with van der Waals surface area (Å²) in [6, 6.07) is 0. The maximum Gasteiger partial charge on any atom is 0.223 e. The second kappa shape index (κ2) is 5.19. The lowest BCUT2D eigenvalue weighted by Gasteiger charge is -2.23. The van der Waals surface area contributed by atoms with Crippen LogP contribution in [0.2, 0.25) is 0 Å². The lowest BCUT2D eigenvalue weighted by atomic mass is 9.93. The number of hydrogen-bond donors (Lipinski definition) is 2. The molecule has 1 rings (SSSR count). The number of aliphatic hydroxyl groups is 1. The maximum absolute atomic E-state index is 11.3. The Kier molecular flexibility index (Phi) is 4.18. The molecule has 1 aliphatic rings. The summed E-state index contributed by atoms with van der Waals surface area (Å²) in [4.78, 5) is 11.3. The topological polar surface area (TPSA) is 58.6 Å². The number of nitrogens with one attached hydrogen (secondary N) is 1. The predicted octanol–water partition coefficient (Wildman–Crippen LogP) is -0.0900. The molecule has 1 aliphatic heterocycles. The van der Waals surface area contributed by atoms with E-state index in [1.54, 1.807) is 7.11 Å². The number of ether oxygens (including phenoxy) is 1. The number of methoxy groups -OCH3 is 1. The molecule has 1 fully saturated rings. The van der Waals surface area contributed by atoms with Crippen LogP contribution >= 0.6 is 0 Å². The van der Waals surface area contributed by atoms with Crippen molar-refractivity contribution in [1.29, 1.82) is 0 Å². The Balaban J connectivity index is 2.29. The van der Waals surface area contributed by atoms with Crippen molar-refractivity contribution in [3.8, 4) is 0 Å². The Bertz CT molecular complexity index is 172. The fraction of sp³-hybridized carbons (Fsp3) is 0.889. The minimum absolute atomic E-state index is 0.0288. The molecule has 0 aromatic rings. The van der Waals surface area contributed by atoms with Crippen molar-refractivity contribution in [1.82, 2.24) is 5.32 Å². The number of carbonyl (C=O) groups is 1. The summed E-state index contributed by atoms with van der Waals surface area (Å²) in [6.45, 7) is 1.08. The second-order valence-corrected chi connectivity index (χ2v) is 3.48. The Morgan fingerprint density at radius 1 is 1.77 bits per heavy atom. The van der Waals surface area contributed by atoms with Crippen LogP contribution in [-0.2, 0) is 9.53 Å². The van der Waals surface area contributed by atoms with E-state index in [4.69, 9.17) is 4.74 Å². The van der Waals surface area contributed by atoms with Gasteiger partial charge in [-0.05, 0) is 19.3 Å². The van der Waals surface area contributed by atoms with Crippen molar-refractivity contribution in [2.24, 2.45) is 5.92 Å². The van der Waals surface area contributed by atoms with Crippen LogP contribution in [0.5, 0.6) is 0 Å². The van der Waals surface area contributed by atoms with Gasteiger partial charge in [0, 0.05) is 19.6 Å². The molecule has 2 unspecified atom stereocenters. The minimum Gasteiger partial charge on any atom is -0.391 e. The number of rotatable bonds is 4. The summed E-state index contributed by atoms with van der Waals surface area (Å²) in [7, 11) is 1.55.